The van der Waals surface area contributed by atoms with E-state index >= 15 is 0 Å². The Morgan fingerprint density at radius 1 is 1.25 bits per heavy atom. The second kappa shape index (κ2) is 7.53. The maximum Gasteiger partial charge on any atom is 0.307 e. The Kier molecular flexibility index (Phi) is 6.03. The predicted octanol–water partition coefficient (Wildman–Crippen LogP) is 1.71. The summed E-state index contributed by atoms with van der Waals surface area (Å²) in [4.78, 5) is 22.7. The number of ether oxygens (including phenoxy) is 1. The van der Waals surface area contributed by atoms with E-state index in [1.807, 2.05) is 24.3 Å². The van der Waals surface area contributed by atoms with Crippen LogP contribution in [0.3, 0.4) is 0 Å². The third kappa shape index (κ3) is 4.26. The molecule has 2 atom stereocenters. The van der Waals surface area contributed by atoms with Gasteiger partial charge in [0.15, 0.2) is 0 Å². The molecule has 0 radical (unpaired) electrons. The van der Waals surface area contributed by atoms with Crippen LogP contribution < -0.4 is 10.1 Å². The highest BCUT2D eigenvalue weighted by Crippen LogP contribution is 2.17. The number of rotatable bonds is 7. The SMILES string of the molecule is COc1ccccc1CCNC(=O)C(C)C(C)C(=O)O. The number of carbonyl (C=O) groups excluding carboxylic acids is 1. The maximum absolute atomic E-state index is 11.8. The maximum atomic E-state index is 11.8. The fourth-order valence-corrected chi connectivity index (χ4v) is 1.83. The van der Waals surface area contributed by atoms with E-state index < -0.39 is 17.8 Å². The van der Waals surface area contributed by atoms with Gasteiger partial charge >= 0.3 is 5.97 Å². The summed E-state index contributed by atoms with van der Waals surface area (Å²) in [6.07, 6.45) is 0.643. The van der Waals surface area contributed by atoms with Crippen molar-refractivity contribution < 1.29 is 19.4 Å². The number of aliphatic carboxylic acids is 1. The third-order valence-electron chi connectivity index (χ3n) is 3.44. The average molecular weight is 279 g/mol. The fourth-order valence-electron chi connectivity index (χ4n) is 1.83. The van der Waals surface area contributed by atoms with Gasteiger partial charge < -0.3 is 15.2 Å². The number of carboxylic acids is 1. The molecule has 0 aliphatic rings. The molecule has 0 bridgehead atoms. The second-order valence-electron chi connectivity index (χ2n) is 4.77. The molecule has 110 valence electrons. The van der Waals surface area contributed by atoms with Crippen molar-refractivity contribution in [1.82, 2.24) is 5.32 Å². The molecule has 0 fully saturated rings. The van der Waals surface area contributed by atoms with Gasteiger partial charge in [0.25, 0.3) is 0 Å². The smallest absolute Gasteiger partial charge is 0.307 e. The number of methoxy groups -OCH3 is 1. The molecule has 5 heteroatoms. The Morgan fingerprint density at radius 3 is 2.50 bits per heavy atom. The van der Waals surface area contributed by atoms with Crippen LogP contribution in [0, 0.1) is 11.8 Å². The molecule has 1 amide bonds. The van der Waals surface area contributed by atoms with E-state index in [4.69, 9.17) is 9.84 Å². The number of amides is 1. The molecule has 2 unspecified atom stereocenters. The number of hydrogen-bond acceptors (Lipinski definition) is 3. The largest absolute Gasteiger partial charge is 0.496 e. The van der Waals surface area contributed by atoms with Crippen LogP contribution in [-0.2, 0) is 16.0 Å². The van der Waals surface area contributed by atoms with Crippen molar-refractivity contribution in [2.75, 3.05) is 13.7 Å². The minimum absolute atomic E-state index is 0.241. The van der Waals surface area contributed by atoms with Gasteiger partial charge in [-0.15, -0.1) is 0 Å². The van der Waals surface area contributed by atoms with Crippen LogP contribution in [0.1, 0.15) is 19.4 Å². The first-order valence-electron chi connectivity index (χ1n) is 6.59. The summed E-state index contributed by atoms with van der Waals surface area (Å²) in [6, 6.07) is 7.60. The predicted molar refractivity (Wildman–Crippen MR) is 75.7 cm³/mol. The van der Waals surface area contributed by atoms with Crippen molar-refractivity contribution in [3.8, 4) is 5.75 Å². The molecular formula is C15H21NO4. The van der Waals surface area contributed by atoms with Crippen molar-refractivity contribution >= 4 is 11.9 Å². The molecule has 2 N–H and O–H groups in total. The number of nitrogens with one attached hydrogen (secondary N) is 1. The molecule has 0 saturated heterocycles. The van der Waals surface area contributed by atoms with Gasteiger partial charge in [-0.25, -0.2) is 0 Å². The number of hydrogen-bond donors (Lipinski definition) is 2. The summed E-state index contributed by atoms with van der Waals surface area (Å²) in [6.45, 7) is 3.61. The van der Waals surface area contributed by atoms with E-state index in [2.05, 4.69) is 5.32 Å². The topological polar surface area (TPSA) is 75.6 Å². The molecule has 1 rings (SSSR count). The Bertz CT molecular complexity index is 473. The Balaban J connectivity index is 2.48. The van der Waals surface area contributed by atoms with E-state index in [1.54, 1.807) is 14.0 Å². The van der Waals surface area contributed by atoms with Crippen molar-refractivity contribution in [2.24, 2.45) is 11.8 Å². The highest BCUT2D eigenvalue weighted by atomic mass is 16.5. The summed E-state index contributed by atoms with van der Waals surface area (Å²) in [5.74, 6) is -1.66. The summed E-state index contributed by atoms with van der Waals surface area (Å²) < 4.78 is 5.23. The zero-order chi connectivity index (χ0) is 15.1. The first kappa shape index (κ1) is 16.0. The lowest BCUT2D eigenvalue weighted by Gasteiger charge is -2.16. The van der Waals surface area contributed by atoms with Gasteiger partial charge in [-0.3, -0.25) is 9.59 Å². The van der Waals surface area contributed by atoms with E-state index in [-0.39, 0.29) is 5.91 Å². The van der Waals surface area contributed by atoms with Crippen LogP contribution in [0.25, 0.3) is 0 Å². The Labute approximate surface area is 118 Å². The van der Waals surface area contributed by atoms with Crippen molar-refractivity contribution in [2.45, 2.75) is 20.3 Å². The van der Waals surface area contributed by atoms with E-state index in [1.165, 1.54) is 6.92 Å². The molecule has 5 nitrogen and oxygen atoms in total. The molecule has 0 spiro atoms. The van der Waals surface area contributed by atoms with Crippen LogP contribution in [0.4, 0.5) is 0 Å². The lowest BCUT2D eigenvalue weighted by atomic mass is 9.95. The van der Waals surface area contributed by atoms with Crippen molar-refractivity contribution in [3.63, 3.8) is 0 Å². The highest BCUT2D eigenvalue weighted by Gasteiger charge is 2.25. The molecule has 0 aliphatic carbocycles. The van der Waals surface area contributed by atoms with Gasteiger partial charge in [0.05, 0.1) is 13.0 Å². The molecule has 0 heterocycles. The third-order valence-corrected chi connectivity index (χ3v) is 3.44. The quantitative estimate of drug-likeness (QED) is 0.796. The monoisotopic (exact) mass is 279 g/mol. The van der Waals surface area contributed by atoms with Crippen LogP contribution in [0.2, 0.25) is 0 Å². The average Bonchev–Trinajstić information content (AvgIpc) is 2.45. The summed E-state index contributed by atoms with van der Waals surface area (Å²) in [5, 5.41) is 11.6. The highest BCUT2D eigenvalue weighted by molar-refractivity contribution is 5.84. The number of para-hydroxylation sites is 1. The molecule has 0 saturated carbocycles. The van der Waals surface area contributed by atoms with Crippen LogP contribution >= 0.6 is 0 Å². The van der Waals surface area contributed by atoms with Gasteiger partial charge in [-0.2, -0.15) is 0 Å². The Morgan fingerprint density at radius 2 is 1.90 bits per heavy atom. The van der Waals surface area contributed by atoms with Gasteiger partial charge in [-0.05, 0) is 18.1 Å². The lowest BCUT2D eigenvalue weighted by Crippen LogP contribution is -2.36. The lowest BCUT2D eigenvalue weighted by molar-refractivity contribution is -0.146. The van der Waals surface area contributed by atoms with Gasteiger partial charge in [0.2, 0.25) is 5.91 Å². The van der Waals surface area contributed by atoms with E-state index in [0.29, 0.717) is 13.0 Å². The number of benzene rings is 1. The molecule has 1 aromatic carbocycles. The minimum Gasteiger partial charge on any atom is -0.496 e. The zero-order valence-electron chi connectivity index (χ0n) is 12.1. The summed E-state index contributed by atoms with van der Waals surface area (Å²) in [5.41, 5.74) is 1.01. The standard InChI is InChI=1S/C15H21NO4/c1-10(11(2)15(18)19)14(17)16-9-8-12-6-4-5-7-13(12)20-3/h4-7,10-11H,8-9H2,1-3H3,(H,16,17)(H,18,19). The molecule has 20 heavy (non-hydrogen) atoms. The molecular weight excluding hydrogens is 258 g/mol. The second-order valence-corrected chi connectivity index (χ2v) is 4.77. The normalized spacial score (nSPS) is 13.3. The molecule has 1 aromatic rings. The van der Waals surface area contributed by atoms with Gasteiger partial charge in [0.1, 0.15) is 5.75 Å². The van der Waals surface area contributed by atoms with Crippen LogP contribution in [0.5, 0.6) is 5.75 Å². The zero-order valence-corrected chi connectivity index (χ0v) is 12.1. The van der Waals surface area contributed by atoms with Crippen LogP contribution in [0.15, 0.2) is 24.3 Å². The summed E-state index contributed by atoms with van der Waals surface area (Å²) in [7, 11) is 1.61. The minimum atomic E-state index is -0.961. The van der Waals surface area contributed by atoms with E-state index in [0.717, 1.165) is 11.3 Å². The fraction of sp³-hybridized carbons (Fsp3) is 0.467. The first-order chi connectivity index (χ1) is 9.47. The number of carbonyl (C=O) groups is 2. The molecule has 0 aromatic heterocycles. The van der Waals surface area contributed by atoms with Crippen molar-refractivity contribution in [3.05, 3.63) is 29.8 Å². The Hall–Kier alpha value is -2.04. The summed E-state index contributed by atoms with van der Waals surface area (Å²) >= 11 is 0. The van der Waals surface area contributed by atoms with Crippen molar-refractivity contribution in [1.29, 1.82) is 0 Å². The van der Waals surface area contributed by atoms with E-state index in [9.17, 15) is 9.59 Å². The number of carboxylic acid groups (broad SMARTS) is 1. The molecule has 0 aliphatic heterocycles. The van der Waals surface area contributed by atoms with Gasteiger partial charge in [0, 0.05) is 12.5 Å². The van der Waals surface area contributed by atoms with Gasteiger partial charge in [-0.1, -0.05) is 32.0 Å². The first-order valence-corrected chi connectivity index (χ1v) is 6.59. The van der Waals surface area contributed by atoms with Crippen LogP contribution in [-0.4, -0.2) is 30.6 Å².